The molecular weight excluding hydrogens is 278 g/mol. The zero-order valence-electron chi connectivity index (χ0n) is 10.1. The van der Waals surface area contributed by atoms with Gasteiger partial charge in [-0.25, -0.2) is 13.1 Å². The molecule has 7 heteroatoms. The van der Waals surface area contributed by atoms with Gasteiger partial charge in [-0.05, 0) is 36.2 Å². The van der Waals surface area contributed by atoms with Crippen molar-refractivity contribution in [2.24, 2.45) is 0 Å². The molecule has 0 aliphatic rings. The van der Waals surface area contributed by atoms with Crippen LogP contribution in [0.1, 0.15) is 12.0 Å². The molecule has 0 radical (unpaired) electrons. The van der Waals surface area contributed by atoms with Crippen molar-refractivity contribution in [2.45, 2.75) is 18.2 Å². The Hall–Kier alpha value is -1.11. The Bertz CT molecular complexity index is 542. The molecule has 0 aliphatic carbocycles. The van der Waals surface area contributed by atoms with E-state index in [9.17, 15) is 13.2 Å². The molecule has 0 amide bonds. The SMILES string of the molecule is COc1ccc(C)cc1S(=O)(=O)NCCC(=O)Cl. The summed E-state index contributed by atoms with van der Waals surface area (Å²) in [6.45, 7) is 1.74. The van der Waals surface area contributed by atoms with E-state index in [1.54, 1.807) is 19.1 Å². The molecule has 1 aromatic carbocycles. The fourth-order valence-electron chi connectivity index (χ4n) is 1.36. The Morgan fingerprint density at radius 2 is 2.11 bits per heavy atom. The van der Waals surface area contributed by atoms with Crippen LogP contribution in [0, 0.1) is 6.92 Å². The first kappa shape index (κ1) is 14.9. The van der Waals surface area contributed by atoms with Gasteiger partial charge >= 0.3 is 0 Å². The van der Waals surface area contributed by atoms with Crippen LogP contribution in [-0.2, 0) is 14.8 Å². The van der Waals surface area contributed by atoms with Gasteiger partial charge < -0.3 is 4.74 Å². The highest BCUT2D eigenvalue weighted by molar-refractivity contribution is 7.89. The standard InChI is InChI=1S/C11H14ClNO4S/c1-8-3-4-9(17-2)10(7-8)18(15,16)13-6-5-11(12)14/h3-4,7,13H,5-6H2,1-2H3. The smallest absolute Gasteiger partial charge is 0.244 e. The Morgan fingerprint density at radius 1 is 1.44 bits per heavy atom. The predicted molar refractivity (Wildman–Crippen MR) is 68.4 cm³/mol. The minimum Gasteiger partial charge on any atom is -0.495 e. The summed E-state index contributed by atoms with van der Waals surface area (Å²) >= 11 is 5.14. The zero-order valence-corrected chi connectivity index (χ0v) is 11.6. The van der Waals surface area contributed by atoms with Crippen molar-refractivity contribution in [1.82, 2.24) is 4.72 Å². The summed E-state index contributed by atoms with van der Waals surface area (Å²) in [7, 11) is -2.31. The quantitative estimate of drug-likeness (QED) is 0.805. The molecule has 0 bridgehead atoms. The number of methoxy groups -OCH3 is 1. The Kier molecular flexibility index (Phi) is 5.13. The van der Waals surface area contributed by atoms with Crippen LogP contribution in [0.15, 0.2) is 23.1 Å². The minimum atomic E-state index is -3.71. The van der Waals surface area contributed by atoms with E-state index in [1.165, 1.54) is 13.2 Å². The predicted octanol–water partition coefficient (Wildman–Crippen LogP) is 1.44. The fourth-order valence-corrected chi connectivity index (χ4v) is 2.73. The summed E-state index contributed by atoms with van der Waals surface area (Å²) in [6.07, 6.45) is -0.0606. The number of sulfonamides is 1. The van der Waals surface area contributed by atoms with Crippen LogP contribution in [0.25, 0.3) is 0 Å². The lowest BCUT2D eigenvalue weighted by molar-refractivity contribution is -0.111. The molecule has 0 spiro atoms. The molecule has 18 heavy (non-hydrogen) atoms. The Labute approximate surface area is 111 Å². The van der Waals surface area contributed by atoms with Gasteiger partial charge in [-0.15, -0.1) is 0 Å². The number of carbonyl (C=O) groups excluding carboxylic acids is 1. The van der Waals surface area contributed by atoms with Gasteiger partial charge in [-0.1, -0.05) is 6.07 Å². The number of carbonyl (C=O) groups is 1. The largest absolute Gasteiger partial charge is 0.495 e. The summed E-state index contributed by atoms with van der Waals surface area (Å²) in [5.74, 6) is 0.255. The number of aryl methyl sites for hydroxylation is 1. The first-order chi connectivity index (χ1) is 8.36. The number of ether oxygens (including phenoxy) is 1. The zero-order chi connectivity index (χ0) is 13.8. The van der Waals surface area contributed by atoms with Gasteiger partial charge in [0.05, 0.1) is 7.11 Å². The molecule has 0 saturated heterocycles. The van der Waals surface area contributed by atoms with E-state index in [0.717, 1.165) is 5.56 Å². The topological polar surface area (TPSA) is 72.5 Å². The van der Waals surface area contributed by atoms with E-state index < -0.39 is 15.3 Å². The van der Waals surface area contributed by atoms with Crippen LogP contribution in [0.5, 0.6) is 5.75 Å². The van der Waals surface area contributed by atoms with Gasteiger partial charge in [0.15, 0.2) is 0 Å². The molecule has 0 saturated carbocycles. The van der Waals surface area contributed by atoms with Crippen molar-refractivity contribution in [1.29, 1.82) is 0 Å². The summed E-state index contributed by atoms with van der Waals surface area (Å²) < 4.78 is 31.3. The Morgan fingerprint density at radius 3 is 2.67 bits per heavy atom. The lowest BCUT2D eigenvalue weighted by atomic mass is 10.2. The van der Waals surface area contributed by atoms with Crippen molar-refractivity contribution < 1.29 is 17.9 Å². The van der Waals surface area contributed by atoms with Crippen LogP contribution in [-0.4, -0.2) is 27.3 Å². The van der Waals surface area contributed by atoms with Crippen LogP contribution in [0.4, 0.5) is 0 Å². The highest BCUT2D eigenvalue weighted by Crippen LogP contribution is 2.24. The van der Waals surface area contributed by atoms with Gasteiger partial charge in [-0.2, -0.15) is 0 Å². The molecule has 0 atom stereocenters. The fraction of sp³-hybridized carbons (Fsp3) is 0.364. The van der Waals surface area contributed by atoms with Gasteiger partial charge in [-0.3, -0.25) is 4.79 Å². The average molecular weight is 292 g/mol. The number of nitrogens with one attached hydrogen (secondary N) is 1. The summed E-state index contributed by atoms with van der Waals surface area (Å²) in [5, 5.41) is -0.589. The monoisotopic (exact) mass is 291 g/mol. The van der Waals surface area contributed by atoms with Crippen LogP contribution < -0.4 is 9.46 Å². The molecule has 0 aliphatic heterocycles. The second-order valence-corrected chi connectivity index (χ2v) is 5.81. The van der Waals surface area contributed by atoms with Crippen molar-refractivity contribution in [3.8, 4) is 5.75 Å². The normalized spacial score (nSPS) is 11.3. The third-order valence-corrected chi connectivity index (χ3v) is 3.89. The Balaban J connectivity index is 2.97. The maximum absolute atomic E-state index is 12.0. The van der Waals surface area contributed by atoms with E-state index >= 15 is 0 Å². The van der Waals surface area contributed by atoms with E-state index in [1.807, 2.05) is 0 Å². The summed E-state index contributed by atoms with van der Waals surface area (Å²) in [6, 6.07) is 4.83. The summed E-state index contributed by atoms with van der Waals surface area (Å²) in [4.78, 5) is 10.6. The van der Waals surface area contributed by atoms with Gasteiger partial charge in [0, 0.05) is 13.0 Å². The third kappa shape index (κ3) is 3.97. The number of rotatable bonds is 6. The second kappa shape index (κ2) is 6.17. The lowest BCUT2D eigenvalue weighted by Crippen LogP contribution is -2.26. The highest BCUT2D eigenvalue weighted by Gasteiger charge is 2.19. The van der Waals surface area contributed by atoms with Crippen LogP contribution >= 0.6 is 11.6 Å². The number of hydrogen-bond donors (Lipinski definition) is 1. The molecule has 0 heterocycles. The van der Waals surface area contributed by atoms with Crippen molar-refractivity contribution in [3.63, 3.8) is 0 Å². The molecule has 0 aromatic heterocycles. The van der Waals surface area contributed by atoms with Crippen LogP contribution in [0.3, 0.4) is 0 Å². The van der Waals surface area contributed by atoms with E-state index in [4.69, 9.17) is 16.3 Å². The van der Waals surface area contributed by atoms with Crippen LogP contribution in [0.2, 0.25) is 0 Å². The molecular formula is C11H14ClNO4S. The van der Waals surface area contributed by atoms with E-state index in [-0.39, 0.29) is 23.6 Å². The summed E-state index contributed by atoms with van der Waals surface area (Å²) in [5.41, 5.74) is 0.796. The maximum atomic E-state index is 12.0. The van der Waals surface area contributed by atoms with Crippen molar-refractivity contribution >= 4 is 26.9 Å². The maximum Gasteiger partial charge on any atom is 0.244 e. The average Bonchev–Trinajstić information content (AvgIpc) is 2.28. The van der Waals surface area contributed by atoms with Gasteiger partial charge in [0.1, 0.15) is 10.6 Å². The molecule has 1 N–H and O–H groups in total. The molecule has 0 unspecified atom stereocenters. The third-order valence-electron chi connectivity index (χ3n) is 2.22. The number of hydrogen-bond acceptors (Lipinski definition) is 4. The van der Waals surface area contributed by atoms with Crippen molar-refractivity contribution in [3.05, 3.63) is 23.8 Å². The van der Waals surface area contributed by atoms with Crippen molar-refractivity contribution in [2.75, 3.05) is 13.7 Å². The molecule has 0 fully saturated rings. The molecule has 1 rings (SSSR count). The highest BCUT2D eigenvalue weighted by atomic mass is 35.5. The molecule has 5 nitrogen and oxygen atoms in total. The van der Waals surface area contributed by atoms with Gasteiger partial charge in [0.25, 0.3) is 0 Å². The van der Waals surface area contributed by atoms with E-state index in [2.05, 4.69) is 4.72 Å². The van der Waals surface area contributed by atoms with E-state index in [0.29, 0.717) is 0 Å². The second-order valence-electron chi connectivity index (χ2n) is 3.66. The van der Waals surface area contributed by atoms with Gasteiger partial charge in [0.2, 0.25) is 15.3 Å². The molecule has 1 aromatic rings. The first-order valence-electron chi connectivity index (χ1n) is 5.19. The molecule has 100 valence electrons. The minimum absolute atomic E-state index is 0.0399. The first-order valence-corrected chi connectivity index (χ1v) is 7.05. The lowest BCUT2D eigenvalue weighted by Gasteiger charge is -2.10. The number of halogens is 1. The number of benzene rings is 1.